The molecule has 0 aliphatic heterocycles. The maximum Gasteiger partial charge on any atom is 0.336 e. The first kappa shape index (κ1) is 16.7. The van der Waals surface area contributed by atoms with Gasteiger partial charge in [0.25, 0.3) is 5.91 Å². The lowest BCUT2D eigenvalue weighted by Gasteiger charge is -2.08. The summed E-state index contributed by atoms with van der Waals surface area (Å²) in [6.07, 6.45) is 0.933. The number of benzene rings is 1. The lowest BCUT2D eigenvalue weighted by Crippen LogP contribution is -2.15. The van der Waals surface area contributed by atoms with E-state index in [9.17, 15) is 9.59 Å². The highest BCUT2D eigenvalue weighted by molar-refractivity contribution is 6.06. The molecule has 0 fully saturated rings. The van der Waals surface area contributed by atoms with Crippen LogP contribution < -0.4 is 5.32 Å². The molecular weight excluding hydrogens is 294 g/mol. The van der Waals surface area contributed by atoms with Gasteiger partial charge in [0.1, 0.15) is 0 Å². The van der Waals surface area contributed by atoms with Crippen molar-refractivity contribution >= 4 is 17.6 Å². The van der Waals surface area contributed by atoms with Crippen LogP contribution in [0.15, 0.2) is 18.2 Å². The molecule has 6 nitrogen and oxygen atoms in total. The van der Waals surface area contributed by atoms with Crippen LogP contribution in [0.4, 0.5) is 5.69 Å². The molecule has 1 heterocycles. The number of aryl methyl sites for hydroxylation is 3. The molecule has 0 saturated carbocycles. The van der Waals surface area contributed by atoms with E-state index in [-0.39, 0.29) is 11.5 Å². The smallest absolute Gasteiger partial charge is 0.336 e. The summed E-state index contributed by atoms with van der Waals surface area (Å²) in [5, 5.41) is 16.3. The Balaban J connectivity index is 2.30. The number of carboxylic acids is 1. The molecule has 0 saturated heterocycles. The molecule has 0 aliphatic carbocycles. The normalized spacial score (nSPS) is 10.6. The number of carboxylic acid groups (broad SMARTS) is 1. The van der Waals surface area contributed by atoms with Crippen LogP contribution in [0, 0.1) is 20.8 Å². The Morgan fingerprint density at radius 1 is 1.26 bits per heavy atom. The van der Waals surface area contributed by atoms with Gasteiger partial charge in [-0.1, -0.05) is 13.0 Å². The Labute approximate surface area is 135 Å². The first-order chi connectivity index (χ1) is 10.8. The number of hydrogen-bond donors (Lipinski definition) is 2. The van der Waals surface area contributed by atoms with E-state index in [0.717, 1.165) is 18.7 Å². The summed E-state index contributed by atoms with van der Waals surface area (Å²) < 4.78 is 1.82. The van der Waals surface area contributed by atoms with E-state index < -0.39 is 5.97 Å². The number of nitrogens with one attached hydrogen (secondary N) is 1. The Morgan fingerprint density at radius 3 is 2.57 bits per heavy atom. The molecule has 122 valence electrons. The Morgan fingerprint density at radius 2 is 1.96 bits per heavy atom. The van der Waals surface area contributed by atoms with Crippen molar-refractivity contribution in [3.8, 4) is 0 Å². The minimum absolute atomic E-state index is 0.179. The number of aromatic nitrogens is 2. The van der Waals surface area contributed by atoms with Crippen molar-refractivity contribution in [2.45, 2.75) is 40.7 Å². The third-order valence-corrected chi connectivity index (χ3v) is 3.77. The van der Waals surface area contributed by atoms with Crippen LogP contribution in [0.25, 0.3) is 0 Å². The molecule has 0 atom stereocenters. The number of carbonyl (C=O) groups excluding carboxylic acids is 1. The topological polar surface area (TPSA) is 84.2 Å². The zero-order chi connectivity index (χ0) is 17.1. The molecular formula is C17H21N3O3. The van der Waals surface area contributed by atoms with Gasteiger partial charge in [0.05, 0.1) is 16.8 Å². The van der Waals surface area contributed by atoms with Gasteiger partial charge in [-0.05, 0) is 44.9 Å². The zero-order valence-corrected chi connectivity index (χ0v) is 13.8. The molecule has 2 aromatic rings. The predicted octanol–water partition coefficient (Wildman–Crippen LogP) is 3.17. The summed E-state index contributed by atoms with van der Waals surface area (Å²) in [5.41, 5.74) is 3.30. The van der Waals surface area contributed by atoms with Gasteiger partial charge < -0.3 is 10.4 Å². The second-order valence-electron chi connectivity index (χ2n) is 5.56. The highest BCUT2D eigenvalue weighted by Crippen LogP contribution is 2.19. The molecule has 2 rings (SSSR count). The van der Waals surface area contributed by atoms with Crippen LogP contribution >= 0.6 is 0 Å². The first-order valence-corrected chi connectivity index (χ1v) is 7.54. The number of amides is 1. The van der Waals surface area contributed by atoms with E-state index in [1.165, 1.54) is 6.07 Å². The average molecular weight is 315 g/mol. The quantitative estimate of drug-likeness (QED) is 0.887. The van der Waals surface area contributed by atoms with Crippen LogP contribution in [0.5, 0.6) is 0 Å². The van der Waals surface area contributed by atoms with Crippen molar-refractivity contribution in [2.75, 3.05) is 5.32 Å². The van der Waals surface area contributed by atoms with Crippen LogP contribution in [0.2, 0.25) is 0 Å². The lowest BCUT2D eigenvalue weighted by molar-refractivity contribution is 0.0695. The van der Waals surface area contributed by atoms with Crippen LogP contribution in [-0.4, -0.2) is 26.8 Å². The highest BCUT2D eigenvalue weighted by Gasteiger charge is 2.19. The molecule has 0 aliphatic rings. The molecule has 23 heavy (non-hydrogen) atoms. The third kappa shape index (κ3) is 3.41. The number of rotatable bonds is 5. The summed E-state index contributed by atoms with van der Waals surface area (Å²) in [7, 11) is 0. The van der Waals surface area contributed by atoms with Crippen molar-refractivity contribution in [1.29, 1.82) is 0 Å². The Bertz CT molecular complexity index is 763. The van der Waals surface area contributed by atoms with Crippen molar-refractivity contribution in [3.63, 3.8) is 0 Å². The van der Waals surface area contributed by atoms with E-state index in [2.05, 4.69) is 17.3 Å². The molecule has 0 spiro atoms. The number of carbonyl (C=O) groups is 2. The lowest BCUT2D eigenvalue weighted by atomic mass is 10.1. The Hall–Kier alpha value is -2.63. The minimum Gasteiger partial charge on any atom is -0.478 e. The van der Waals surface area contributed by atoms with E-state index in [1.54, 1.807) is 26.0 Å². The van der Waals surface area contributed by atoms with E-state index >= 15 is 0 Å². The number of aromatic carboxylic acids is 1. The fraction of sp³-hybridized carbons (Fsp3) is 0.353. The average Bonchev–Trinajstić information content (AvgIpc) is 2.75. The summed E-state index contributed by atoms with van der Waals surface area (Å²) in [5.74, 6) is -1.29. The molecule has 0 radical (unpaired) electrons. The second-order valence-corrected chi connectivity index (χ2v) is 5.56. The maximum atomic E-state index is 12.5. The largest absolute Gasteiger partial charge is 0.478 e. The predicted molar refractivity (Wildman–Crippen MR) is 88.1 cm³/mol. The number of anilines is 1. The molecule has 1 amide bonds. The van der Waals surface area contributed by atoms with Gasteiger partial charge in [-0.2, -0.15) is 5.10 Å². The standard InChI is InChI=1S/C17H21N3O3/c1-5-8-20-12(4)15(11(3)19-20)16(21)18-13-7-6-10(2)14(9-13)17(22)23/h6-7,9H,5,8H2,1-4H3,(H,18,21)(H,22,23). The molecule has 1 aromatic heterocycles. The third-order valence-electron chi connectivity index (χ3n) is 3.77. The number of nitrogens with zero attached hydrogens (tertiary/aromatic N) is 2. The highest BCUT2D eigenvalue weighted by atomic mass is 16.4. The molecule has 0 bridgehead atoms. The van der Waals surface area contributed by atoms with Gasteiger partial charge >= 0.3 is 5.97 Å². The van der Waals surface area contributed by atoms with Crippen LogP contribution in [-0.2, 0) is 6.54 Å². The molecule has 2 N–H and O–H groups in total. The van der Waals surface area contributed by atoms with Crippen molar-refractivity contribution in [2.24, 2.45) is 0 Å². The fourth-order valence-electron chi connectivity index (χ4n) is 2.58. The van der Waals surface area contributed by atoms with E-state index in [4.69, 9.17) is 5.11 Å². The molecule has 6 heteroatoms. The van der Waals surface area contributed by atoms with Gasteiger partial charge in [0.2, 0.25) is 0 Å². The van der Waals surface area contributed by atoms with Gasteiger partial charge in [-0.25, -0.2) is 4.79 Å². The summed E-state index contributed by atoms with van der Waals surface area (Å²) >= 11 is 0. The first-order valence-electron chi connectivity index (χ1n) is 7.54. The monoisotopic (exact) mass is 315 g/mol. The van der Waals surface area contributed by atoms with Gasteiger partial charge in [0, 0.05) is 17.9 Å². The van der Waals surface area contributed by atoms with Crippen molar-refractivity contribution < 1.29 is 14.7 Å². The molecule has 1 aromatic carbocycles. The Kier molecular flexibility index (Phi) is 4.83. The van der Waals surface area contributed by atoms with Crippen molar-refractivity contribution in [3.05, 3.63) is 46.3 Å². The SMILES string of the molecule is CCCn1nc(C)c(C(=O)Nc2ccc(C)c(C(=O)O)c2)c1C. The van der Waals surface area contributed by atoms with Gasteiger partial charge in [-0.15, -0.1) is 0 Å². The van der Waals surface area contributed by atoms with Crippen molar-refractivity contribution in [1.82, 2.24) is 9.78 Å². The fourth-order valence-corrected chi connectivity index (χ4v) is 2.58. The zero-order valence-electron chi connectivity index (χ0n) is 13.8. The molecule has 0 unspecified atom stereocenters. The summed E-state index contributed by atoms with van der Waals surface area (Å²) in [4.78, 5) is 23.7. The van der Waals surface area contributed by atoms with Crippen LogP contribution in [0.3, 0.4) is 0 Å². The van der Waals surface area contributed by atoms with E-state index in [0.29, 0.717) is 22.5 Å². The summed E-state index contributed by atoms with van der Waals surface area (Å²) in [6.45, 7) is 8.19. The van der Waals surface area contributed by atoms with Gasteiger partial charge in [0.15, 0.2) is 0 Å². The van der Waals surface area contributed by atoms with Crippen LogP contribution in [0.1, 0.15) is 51.0 Å². The number of hydrogen-bond acceptors (Lipinski definition) is 3. The maximum absolute atomic E-state index is 12.5. The van der Waals surface area contributed by atoms with Gasteiger partial charge in [-0.3, -0.25) is 9.48 Å². The second kappa shape index (κ2) is 6.64. The minimum atomic E-state index is -1.01. The van der Waals surface area contributed by atoms with E-state index in [1.807, 2.05) is 11.6 Å². The summed E-state index contributed by atoms with van der Waals surface area (Å²) in [6, 6.07) is 4.84.